The molecular weight excluding hydrogens is 861 g/mol. The molecule has 0 bridgehead atoms. The first-order valence-electron chi connectivity index (χ1n) is 10.6. The summed E-state index contributed by atoms with van der Waals surface area (Å²) in [6.07, 6.45) is -9.30. The van der Waals surface area contributed by atoms with Gasteiger partial charge >= 0.3 is 95.1 Å². The molecule has 0 fully saturated rings. The van der Waals surface area contributed by atoms with Crippen LogP contribution in [0.2, 0.25) is 0 Å². The van der Waals surface area contributed by atoms with Crippen molar-refractivity contribution in [3.8, 4) is 0 Å². The second kappa shape index (κ2) is 11.8. The Morgan fingerprint density at radius 1 is 0.231 bits per heavy atom. The molecule has 0 aromatic rings. The van der Waals surface area contributed by atoms with Crippen LogP contribution in [0.3, 0.4) is 0 Å². The van der Waals surface area contributed by atoms with Gasteiger partial charge in [-0.25, -0.2) is 4.79 Å². The second-order valence-electron chi connectivity index (χ2n) is 9.28. The van der Waals surface area contributed by atoms with Crippen LogP contribution >= 0.6 is 0 Å². The average Bonchev–Trinajstić information content (AvgIpc) is 2.90. The Morgan fingerprint density at radius 3 is 0.500 bits per heavy atom. The minimum atomic E-state index is -10.2. The van der Waals surface area contributed by atoms with Crippen molar-refractivity contribution in [3.63, 3.8) is 0 Å². The molecule has 0 saturated carbocycles. The van der Waals surface area contributed by atoms with Crippen molar-refractivity contribution in [1.29, 1.82) is 0 Å². The molecule has 0 amide bonds. The zero-order valence-electron chi connectivity index (χ0n) is 21.8. The molecule has 35 heteroatoms. The summed E-state index contributed by atoms with van der Waals surface area (Å²) in [4.78, 5) is 9.84. The maximum atomic E-state index is 13.8. The lowest BCUT2D eigenvalue weighted by Gasteiger charge is -2.46. The molecular formula is C17F33NO. The molecule has 0 aliphatic carbocycles. The molecule has 0 unspecified atom stereocenters. The number of halogens is 33. The van der Waals surface area contributed by atoms with Crippen molar-refractivity contribution < 1.29 is 150 Å². The maximum absolute atomic E-state index is 13.8. The third-order valence-electron chi connectivity index (χ3n) is 6.05. The second-order valence-corrected chi connectivity index (χ2v) is 9.28. The van der Waals surface area contributed by atoms with Gasteiger partial charge in [0.05, 0.1) is 0 Å². The molecule has 0 spiro atoms. The fourth-order valence-corrected chi connectivity index (χ4v) is 2.86. The van der Waals surface area contributed by atoms with E-state index in [0.717, 1.165) is 0 Å². The van der Waals surface area contributed by atoms with Crippen LogP contribution in [0.25, 0.3) is 0 Å². The van der Waals surface area contributed by atoms with Gasteiger partial charge < -0.3 is 0 Å². The molecule has 0 rings (SSSR count). The monoisotopic (exact) mass is 861 g/mol. The van der Waals surface area contributed by atoms with Crippen LogP contribution < -0.4 is 0 Å². The third kappa shape index (κ3) is 5.40. The lowest BCUT2D eigenvalue weighted by Crippen LogP contribution is -2.79. The molecule has 0 radical (unpaired) electrons. The van der Waals surface area contributed by atoms with Gasteiger partial charge in [0.15, 0.2) is 0 Å². The van der Waals surface area contributed by atoms with Gasteiger partial charge in [-0.05, 0) is 0 Å². The molecule has 0 aromatic carbocycles. The highest BCUT2D eigenvalue weighted by Crippen LogP contribution is 2.69. The Balaban J connectivity index is 7.75. The highest BCUT2D eigenvalue weighted by Gasteiger charge is 3.02. The van der Waals surface area contributed by atoms with Crippen LogP contribution in [0.4, 0.5) is 145 Å². The summed E-state index contributed by atoms with van der Waals surface area (Å²) in [6.45, 7) is 0. The summed E-state index contributed by atoms with van der Waals surface area (Å²) in [5.74, 6) is -137. The molecule has 0 aliphatic heterocycles. The van der Waals surface area contributed by atoms with Crippen LogP contribution in [0.15, 0.2) is 4.99 Å². The smallest absolute Gasteiger partial charge is 0.211 e. The van der Waals surface area contributed by atoms with Crippen LogP contribution in [0, 0.1) is 0 Å². The quantitative estimate of drug-likeness (QED) is 0.0698. The first-order valence-corrected chi connectivity index (χ1v) is 10.6. The van der Waals surface area contributed by atoms with Gasteiger partial charge in [-0.15, -0.1) is 4.99 Å². The molecule has 0 saturated heterocycles. The first kappa shape index (κ1) is 49.1. The lowest BCUT2D eigenvalue weighted by atomic mass is 9.83. The molecule has 0 heterocycles. The zero-order chi connectivity index (χ0) is 43.4. The number of nitrogens with zero attached hydrogens (tertiary/aromatic N) is 1. The minimum absolute atomic E-state index is 0.285. The van der Waals surface area contributed by atoms with Crippen molar-refractivity contribution in [1.82, 2.24) is 0 Å². The van der Waals surface area contributed by atoms with Gasteiger partial charge in [0.2, 0.25) is 6.08 Å². The molecule has 0 aromatic heterocycles. The van der Waals surface area contributed by atoms with Crippen molar-refractivity contribution in [3.05, 3.63) is 0 Å². The number of hydrogen-bond donors (Lipinski definition) is 0. The number of carbonyl (C=O) groups excluding carboxylic acids is 1. The predicted octanol–water partition coefficient (Wildman–Crippen LogP) is 10.4. The summed E-state index contributed by atoms with van der Waals surface area (Å²) < 4.78 is 440. The summed E-state index contributed by atoms with van der Waals surface area (Å²) >= 11 is 0. The Labute approximate surface area is 257 Å². The van der Waals surface area contributed by atoms with Crippen molar-refractivity contribution in [2.24, 2.45) is 4.99 Å². The summed E-state index contributed by atoms with van der Waals surface area (Å²) in [5, 5.41) is 0. The van der Waals surface area contributed by atoms with Crippen molar-refractivity contribution in [2.45, 2.75) is 95.1 Å². The number of aliphatic imine (C=N–C) groups is 1. The Morgan fingerprint density at radius 2 is 0.365 bits per heavy atom. The van der Waals surface area contributed by atoms with Gasteiger partial charge in [-0.1, -0.05) is 0 Å². The molecule has 2 nitrogen and oxygen atoms in total. The summed E-state index contributed by atoms with van der Waals surface area (Å²) in [7, 11) is 0. The normalized spacial score (nSPS) is 16.9. The SMILES string of the molecule is O=C=NC(F)(F)C(F)(F)C(F)(F)C(F)(F)C(F)(F)C(F)(F)C(F)(F)C(F)(F)C(F)(F)C(F)(F)C(F)(F)C(F)(F)C(F)(F)C(F)(F)C(F)(F)C(F)(F)F. The fourth-order valence-electron chi connectivity index (χ4n) is 2.86. The number of rotatable bonds is 15. The first-order chi connectivity index (χ1) is 21.8. The van der Waals surface area contributed by atoms with Crippen LogP contribution in [-0.2, 0) is 4.79 Å². The van der Waals surface area contributed by atoms with E-state index in [9.17, 15) is 150 Å². The highest BCUT2D eigenvalue weighted by atomic mass is 19.4. The molecule has 52 heavy (non-hydrogen) atoms. The van der Waals surface area contributed by atoms with Gasteiger partial charge in [0, 0.05) is 0 Å². The third-order valence-corrected chi connectivity index (χ3v) is 6.05. The van der Waals surface area contributed by atoms with E-state index < -0.39 is 101 Å². The Bertz CT molecular complexity index is 1370. The Kier molecular flexibility index (Phi) is 11.1. The van der Waals surface area contributed by atoms with E-state index in [-0.39, 0.29) is 4.99 Å². The van der Waals surface area contributed by atoms with E-state index >= 15 is 0 Å². The van der Waals surface area contributed by atoms with E-state index in [1.165, 1.54) is 0 Å². The van der Waals surface area contributed by atoms with E-state index in [1.807, 2.05) is 0 Å². The van der Waals surface area contributed by atoms with E-state index in [0.29, 0.717) is 0 Å². The van der Waals surface area contributed by atoms with E-state index in [2.05, 4.69) is 0 Å². The number of alkyl halides is 33. The molecule has 0 atom stereocenters. The fraction of sp³-hybridized carbons (Fsp3) is 0.941. The van der Waals surface area contributed by atoms with E-state index in [4.69, 9.17) is 0 Å². The summed E-state index contributed by atoms with van der Waals surface area (Å²) in [6, 6.07) is -7.64. The standard InChI is InChI=1S/C17F33NO/c18-2(19,4(22,23)6(26,27)8(30,31)10(34,35)12(38,39)14(42,43)16(46,47)48)3(20,21)5(24,25)7(28,29)9(32,33)11(36,37)13(40,41)15(44,45)17(49,50)51-1-52. The highest BCUT2D eigenvalue weighted by molar-refractivity contribution is 5.34. The topological polar surface area (TPSA) is 29.4 Å². The zero-order valence-corrected chi connectivity index (χ0v) is 21.8. The minimum Gasteiger partial charge on any atom is -0.211 e. The lowest BCUT2D eigenvalue weighted by molar-refractivity contribution is -0.491. The van der Waals surface area contributed by atoms with E-state index in [1.54, 1.807) is 0 Å². The van der Waals surface area contributed by atoms with Crippen LogP contribution in [0.5, 0.6) is 0 Å². The number of isocyanates is 1. The summed E-state index contributed by atoms with van der Waals surface area (Å²) in [5.41, 5.74) is 0. The van der Waals surface area contributed by atoms with Crippen LogP contribution in [-0.4, -0.2) is 101 Å². The predicted molar refractivity (Wildman–Crippen MR) is 88.4 cm³/mol. The largest absolute Gasteiger partial charge is 0.460 e. The van der Waals surface area contributed by atoms with Crippen molar-refractivity contribution >= 4 is 6.08 Å². The maximum Gasteiger partial charge on any atom is 0.460 e. The van der Waals surface area contributed by atoms with Gasteiger partial charge in [0.25, 0.3) is 0 Å². The molecule has 0 N–H and O–H groups in total. The van der Waals surface area contributed by atoms with Crippen molar-refractivity contribution in [2.75, 3.05) is 0 Å². The van der Waals surface area contributed by atoms with Gasteiger partial charge in [0.1, 0.15) is 0 Å². The molecule has 310 valence electrons. The average molecular weight is 861 g/mol. The van der Waals surface area contributed by atoms with Gasteiger partial charge in [-0.3, -0.25) is 0 Å². The Hall–Kier alpha value is -2.93. The number of hydrogen-bond acceptors (Lipinski definition) is 2. The molecule has 0 aliphatic rings. The van der Waals surface area contributed by atoms with Gasteiger partial charge in [-0.2, -0.15) is 145 Å². The van der Waals surface area contributed by atoms with Crippen LogP contribution in [0.1, 0.15) is 0 Å².